The van der Waals surface area contributed by atoms with Gasteiger partial charge in [-0.15, -0.1) is 0 Å². The molecule has 0 aliphatic rings. The normalized spacial score (nSPS) is 12.3. The van der Waals surface area contributed by atoms with Crippen molar-refractivity contribution in [1.82, 2.24) is 10.6 Å². The lowest BCUT2D eigenvalue weighted by Crippen LogP contribution is -2.47. The molecule has 0 fully saturated rings. The minimum absolute atomic E-state index is 0.182. The van der Waals surface area contributed by atoms with Crippen LogP contribution in [0.5, 0.6) is 0 Å². The van der Waals surface area contributed by atoms with E-state index < -0.39 is 29.6 Å². The minimum Gasteiger partial charge on any atom is -0.368 e. The highest BCUT2D eigenvalue weighted by atomic mass is 19.4. The van der Waals surface area contributed by atoms with Crippen molar-refractivity contribution in [2.24, 2.45) is 5.73 Å². The summed E-state index contributed by atoms with van der Waals surface area (Å²) in [7, 11) is 0. The molecule has 0 aromatic heterocycles. The van der Waals surface area contributed by atoms with Gasteiger partial charge in [-0.1, -0.05) is 44.7 Å². The number of nitrogens with one attached hydrogen (secondary N) is 2. The van der Waals surface area contributed by atoms with Crippen molar-refractivity contribution in [2.45, 2.75) is 70.5 Å². The number of halogens is 3. The highest BCUT2D eigenvalue weighted by Crippen LogP contribution is 2.29. The Morgan fingerprint density at radius 1 is 1.00 bits per heavy atom. The second-order valence-corrected chi connectivity index (χ2v) is 7.19. The Bertz CT molecular complexity index is 691. The van der Waals surface area contributed by atoms with E-state index in [0.29, 0.717) is 18.4 Å². The Morgan fingerprint density at radius 3 is 2.20 bits per heavy atom. The lowest BCUT2D eigenvalue weighted by molar-refractivity contribution is -0.137. The summed E-state index contributed by atoms with van der Waals surface area (Å²) in [4.78, 5) is 35.5. The standard InChI is InChI=1S/C21H30F3N3O3/c1-2-3-4-5-6-7-18(28)27-17(20(25)30)14-19(29)26-13-12-15-8-10-16(11-9-15)21(22,23)24/h8-11,17H,2-7,12-14H2,1H3,(H2,25,30)(H,26,29)(H,27,28)/t17-/m1/s1. The van der Waals surface area contributed by atoms with Gasteiger partial charge in [-0.3, -0.25) is 14.4 Å². The van der Waals surface area contributed by atoms with E-state index in [1.807, 2.05) is 0 Å². The first-order valence-corrected chi connectivity index (χ1v) is 10.1. The van der Waals surface area contributed by atoms with Crippen LogP contribution >= 0.6 is 0 Å². The SMILES string of the molecule is CCCCCCCC(=O)N[C@H](CC(=O)NCCc1ccc(C(F)(F)F)cc1)C(N)=O. The fourth-order valence-electron chi connectivity index (χ4n) is 2.84. The molecular formula is C21H30F3N3O3. The summed E-state index contributed by atoms with van der Waals surface area (Å²) in [5.74, 6) is -1.60. The zero-order chi connectivity index (χ0) is 22.6. The van der Waals surface area contributed by atoms with Crippen molar-refractivity contribution < 1.29 is 27.6 Å². The molecule has 0 aliphatic carbocycles. The second kappa shape index (κ2) is 12.9. The summed E-state index contributed by atoms with van der Waals surface area (Å²) in [5, 5.41) is 5.07. The molecule has 0 heterocycles. The third kappa shape index (κ3) is 10.3. The summed E-state index contributed by atoms with van der Waals surface area (Å²) in [6.45, 7) is 2.28. The van der Waals surface area contributed by atoms with Gasteiger partial charge in [-0.05, 0) is 30.5 Å². The predicted octanol–water partition coefficient (Wildman–Crippen LogP) is 3.08. The van der Waals surface area contributed by atoms with E-state index in [9.17, 15) is 27.6 Å². The van der Waals surface area contributed by atoms with E-state index >= 15 is 0 Å². The Balaban J connectivity index is 2.37. The first-order valence-electron chi connectivity index (χ1n) is 10.1. The van der Waals surface area contributed by atoms with Gasteiger partial charge in [0.2, 0.25) is 17.7 Å². The molecule has 0 saturated carbocycles. The molecule has 1 aromatic rings. The van der Waals surface area contributed by atoms with Crippen LogP contribution in [0.1, 0.15) is 63.0 Å². The van der Waals surface area contributed by atoms with Gasteiger partial charge in [0.05, 0.1) is 12.0 Å². The first-order chi connectivity index (χ1) is 14.1. The molecular weight excluding hydrogens is 399 g/mol. The number of primary amides is 1. The van der Waals surface area contributed by atoms with Gasteiger partial charge in [0.15, 0.2) is 0 Å². The summed E-state index contributed by atoms with van der Waals surface area (Å²) in [5.41, 5.74) is 5.17. The number of amides is 3. The van der Waals surface area contributed by atoms with Crippen LogP contribution in [-0.4, -0.2) is 30.3 Å². The summed E-state index contributed by atoms with van der Waals surface area (Å²) in [6, 6.07) is 3.57. The average molecular weight is 429 g/mol. The molecule has 0 saturated heterocycles. The summed E-state index contributed by atoms with van der Waals surface area (Å²) < 4.78 is 37.6. The highest BCUT2D eigenvalue weighted by molar-refractivity contribution is 5.91. The molecule has 1 aromatic carbocycles. The number of carbonyl (C=O) groups excluding carboxylic acids is 3. The minimum atomic E-state index is -4.39. The lowest BCUT2D eigenvalue weighted by Gasteiger charge is -2.15. The monoisotopic (exact) mass is 429 g/mol. The van der Waals surface area contributed by atoms with Crippen molar-refractivity contribution in [3.05, 3.63) is 35.4 Å². The quantitative estimate of drug-likeness (QED) is 0.420. The van der Waals surface area contributed by atoms with Crippen molar-refractivity contribution in [3.8, 4) is 0 Å². The molecule has 0 radical (unpaired) electrons. The van der Waals surface area contributed by atoms with Crippen LogP contribution in [0, 0.1) is 0 Å². The van der Waals surface area contributed by atoms with Crippen LogP contribution in [-0.2, 0) is 27.0 Å². The van der Waals surface area contributed by atoms with Gasteiger partial charge < -0.3 is 16.4 Å². The van der Waals surface area contributed by atoms with Gasteiger partial charge in [-0.2, -0.15) is 13.2 Å². The van der Waals surface area contributed by atoms with Crippen LogP contribution in [0.3, 0.4) is 0 Å². The van der Waals surface area contributed by atoms with Crippen molar-refractivity contribution in [1.29, 1.82) is 0 Å². The van der Waals surface area contributed by atoms with Crippen LogP contribution in [0.2, 0.25) is 0 Å². The molecule has 0 bridgehead atoms. The van der Waals surface area contributed by atoms with E-state index in [1.165, 1.54) is 12.1 Å². The van der Waals surface area contributed by atoms with Crippen molar-refractivity contribution in [3.63, 3.8) is 0 Å². The average Bonchev–Trinajstić information content (AvgIpc) is 2.67. The molecule has 168 valence electrons. The van der Waals surface area contributed by atoms with E-state index in [0.717, 1.165) is 37.8 Å². The maximum Gasteiger partial charge on any atom is 0.416 e. The molecule has 6 nitrogen and oxygen atoms in total. The Hall–Kier alpha value is -2.58. The van der Waals surface area contributed by atoms with Crippen LogP contribution < -0.4 is 16.4 Å². The number of nitrogens with two attached hydrogens (primary N) is 1. The van der Waals surface area contributed by atoms with Gasteiger partial charge in [0.1, 0.15) is 6.04 Å². The molecule has 4 N–H and O–H groups in total. The van der Waals surface area contributed by atoms with E-state index in [2.05, 4.69) is 17.6 Å². The zero-order valence-electron chi connectivity index (χ0n) is 17.2. The van der Waals surface area contributed by atoms with Crippen LogP contribution in [0.15, 0.2) is 24.3 Å². The van der Waals surface area contributed by atoms with Gasteiger partial charge in [0, 0.05) is 13.0 Å². The number of alkyl halides is 3. The molecule has 30 heavy (non-hydrogen) atoms. The molecule has 1 atom stereocenters. The fourth-order valence-corrected chi connectivity index (χ4v) is 2.84. The zero-order valence-corrected chi connectivity index (χ0v) is 17.2. The Morgan fingerprint density at radius 2 is 1.63 bits per heavy atom. The number of hydrogen-bond acceptors (Lipinski definition) is 3. The topological polar surface area (TPSA) is 101 Å². The maximum absolute atomic E-state index is 12.5. The summed E-state index contributed by atoms with van der Waals surface area (Å²) in [6.07, 6.45) is 0.800. The van der Waals surface area contributed by atoms with Gasteiger partial charge >= 0.3 is 6.18 Å². The molecule has 3 amide bonds. The molecule has 0 aliphatic heterocycles. The Labute approximate surface area is 174 Å². The Kier molecular flexibility index (Phi) is 10.9. The predicted molar refractivity (Wildman–Crippen MR) is 107 cm³/mol. The number of benzene rings is 1. The smallest absolute Gasteiger partial charge is 0.368 e. The van der Waals surface area contributed by atoms with Gasteiger partial charge in [-0.25, -0.2) is 0 Å². The highest BCUT2D eigenvalue weighted by Gasteiger charge is 2.29. The number of rotatable bonds is 13. The van der Waals surface area contributed by atoms with Gasteiger partial charge in [0.25, 0.3) is 0 Å². The number of carbonyl (C=O) groups is 3. The first kappa shape index (κ1) is 25.5. The van der Waals surface area contributed by atoms with Crippen LogP contribution in [0.25, 0.3) is 0 Å². The molecule has 1 rings (SSSR count). The van der Waals surface area contributed by atoms with Crippen LogP contribution in [0.4, 0.5) is 13.2 Å². The third-order valence-corrected chi connectivity index (χ3v) is 4.59. The maximum atomic E-state index is 12.5. The molecule has 0 spiro atoms. The van der Waals surface area contributed by atoms with E-state index in [4.69, 9.17) is 5.73 Å². The third-order valence-electron chi connectivity index (χ3n) is 4.59. The fraction of sp³-hybridized carbons (Fsp3) is 0.571. The largest absolute Gasteiger partial charge is 0.416 e. The van der Waals surface area contributed by atoms with E-state index in [1.54, 1.807) is 0 Å². The van der Waals surface area contributed by atoms with Crippen molar-refractivity contribution in [2.75, 3.05) is 6.54 Å². The molecule has 0 unspecified atom stereocenters. The molecule has 9 heteroatoms. The second-order valence-electron chi connectivity index (χ2n) is 7.19. The number of hydrogen-bond donors (Lipinski definition) is 3. The van der Waals surface area contributed by atoms with Crippen molar-refractivity contribution >= 4 is 17.7 Å². The lowest BCUT2D eigenvalue weighted by atomic mass is 10.1. The number of unbranched alkanes of at least 4 members (excludes halogenated alkanes) is 4. The summed E-state index contributed by atoms with van der Waals surface area (Å²) >= 11 is 0. The van der Waals surface area contributed by atoms with E-state index in [-0.39, 0.29) is 25.3 Å².